The summed E-state index contributed by atoms with van der Waals surface area (Å²) < 4.78 is 6.51. The molecule has 0 fully saturated rings. The SMILES string of the molecule is CCC(=O)OCn1ccnc1. The molecule has 0 spiro atoms. The van der Waals surface area contributed by atoms with Crippen molar-refractivity contribution in [1.29, 1.82) is 0 Å². The average Bonchev–Trinajstić information content (AvgIpc) is 2.52. The quantitative estimate of drug-likeness (QED) is 0.604. The second kappa shape index (κ2) is 3.75. The van der Waals surface area contributed by atoms with Crippen molar-refractivity contribution in [3.8, 4) is 0 Å². The first-order valence-electron chi connectivity index (χ1n) is 3.44. The third kappa shape index (κ3) is 2.41. The van der Waals surface area contributed by atoms with Crippen LogP contribution in [0.15, 0.2) is 18.7 Å². The molecular weight excluding hydrogens is 144 g/mol. The summed E-state index contributed by atoms with van der Waals surface area (Å²) in [6.07, 6.45) is 5.39. The fraction of sp³-hybridized carbons (Fsp3) is 0.429. The molecule has 0 aliphatic rings. The maximum Gasteiger partial charge on any atom is 0.307 e. The highest BCUT2D eigenvalue weighted by atomic mass is 16.5. The molecule has 1 aromatic rings. The fourth-order valence-electron chi connectivity index (χ4n) is 0.612. The lowest BCUT2D eigenvalue weighted by atomic mass is 10.5. The van der Waals surface area contributed by atoms with Crippen LogP contribution in [-0.4, -0.2) is 15.5 Å². The van der Waals surface area contributed by atoms with Gasteiger partial charge in [-0.05, 0) is 0 Å². The summed E-state index contributed by atoms with van der Waals surface area (Å²) in [5, 5.41) is 0. The van der Waals surface area contributed by atoms with E-state index in [1.165, 1.54) is 0 Å². The van der Waals surface area contributed by atoms with Crippen molar-refractivity contribution < 1.29 is 9.53 Å². The molecule has 0 N–H and O–H groups in total. The van der Waals surface area contributed by atoms with Gasteiger partial charge in [0.25, 0.3) is 0 Å². The molecule has 0 atom stereocenters. The minimum atomic E-state index is -0.196. The van der Waals surface area contributed by atoms with E-state index in [0.29, 0.717) is 6.42 Å². The Labute approximate surface area is 64.8 Å². The van der Waals surface area contributed by atoms with Crippen molar-refractivity contribution in [3.63, 3.8) is 0 Å². The molecule has 0 amide bonds. The Morgan fingerprint density at radius 3 is 3.09 bits per heavy atom. The highest BCUT2D eigenvalue weighted by molar-refractivity contribution is 5.68. The molecule has 0 aliphatic carbocycles. The van der Waals surface area contributed by atoms with Gasteiger partial charge in [-0.1, -0.05) is 6.92 Å². The van der Waals surface area contributed by atoms with Gasteiger partial charge in [0, 0.05) is 18.8 Å². The molecule has 1 aromatic heterocycles. The van der Waals surface area contributed by atoms with E-state index in [1.54, 1.807) is 30.2 Å². The summed E-state index contributed by atoms with van der Waals surface area (Å²) in [6, 6.07) is 0. The van der Waals surface area contributed by atoms with Crippen molar-refractivity contribution in [3.05, 3.63) is 18.7 Å². The molecule has 4 nitrogen and oxygen atoms in total. The van der Waals surface area contributed by atoms with E-state index in [0.717, 1.165) is 0 Å². The Hall–Kier alpha value is -1.32. The molecule has 11 heavy (non-hydrogen) atoms. The smallest absolute Gasteiger partial charge is 0.307 e. The van der Waals surface area contributed by atoms with E-state index in [1.807, 2.05) is 0 Å². The number of aromatic nitrogens is 2. The van der Waals surface area contributed by atoms with Crippen LogP contribution in [-0.2, 0) is 16.3 Å². The summed E-state index contributed by atoms with van der Waals surface area (Å²) in [6.45, 7) is 2.02. The van der Waals surface area contributed by atoms with Gasteiger partial charge in [-0.15, -0.1) is 0 Å². The van der Waals surface area contributed by atoms with E-state index < -0.39 is 0 Å². The number of rotatable bonds is 3. The van der Waals surface area contributed by atoms with Gasteiger partial charge in [0.05, 0.1) is 6.33 Å². The molecular formula is C7H10N2O2. The summed E-state index contributed by atoms with van der Waals surface area (Å²) in [7, 11) is 0. The first-order valence-corrected chi connectivity index (χ1v) is 3.44. The molecule has 0 bridgehead atoms. The molecule has 0 unspecified atom stereocenters. The predicted molar refractivity (Wildman–Crippen MR) is 38.6 cm³/mol. The lowest BCUT2D eigenvalue weighted by Crippen LogP contribution is -2.06. The number of hydrogen-bond donors (Lipinski definition) is 0. The van der Waals surface area contributed by atoms with Crippen LogP contribution in [0, 0.1) is 0 Å². The lowest BCUT2D eigenvalue weighted by molar-refractivity contribution is -0.147. The number of ether oxygens (including phenoxy) is 1. The number of esters is 1. The van der Waals surface area contributed by atoms with Crippen LogP contribution in [0.2, 0.25) is 0 Å². The standard InChI is InChI=1S/C7H10N2O2/c1-2-7(10)11-6-9-4-3-8-5-9/h3-5H,2,6H2,1H3. The third-order valence-electron chi connectivity index (χ3n) is 1.22. The Morgan fingerprint density at radius 1 is 1.73 bits per heavy atom. The van der Waals surface area contributed by atoms with Crippen molar-refractivity contribution in [1.82, 2.24) is 9.55 Å². The van der Waals surface area contributed by atoms with Gasteiger partial charge in [-0.2, -0.15) is 0 Å². The van der Waals surface area contributed by atoms with Gasteiger partial charge in [0.1, 0.15) is 0 Å². The summed E-state index contributed by atoms with van der Waals surface area (Å²) in [4.78, 5) is 14.4. The molecule has 1 heterocycles. The van der Waals surface area contributed by atoms with Crippen molar-refractivity contribution in [2.75, 3.05) is 0 Å². The van der Waals surface area contributed by atoms with Crippen LogP contribution >= 0.6 is 0 Å². The molecule has 60 valence electrons. The van der Waals surface area contributed by atoms with E-state index >= 15 is 0 Å². The maximum atomic E-state index is 10.7. The molecule has 1 rings (SSSR count). The Bertz CT molecular complexity index is 218. The molecule has 0 saturated carbocycles. The number of carbonyl (C=O) groups is 1. The maximum absolute atomic E-state index is 10.7. The first-order chi connectivity index (χ1) is 5.33. The normalized spacial score (nSPS) is 9.55. The zero-order valence-corrected chi connectivity index (χ0v) is 6.36. The summed E-state index contributed by atoms with van der Waals surface area (Å²) in [5.74, 6) is -0.196. The Morgan fingerprint density at radius 2 is 2.55 bits per heavy atom. The molecule has 0 aliphatic heterocycles. The van der Waals surface area contributed by atoms with Gasteiger partial charge in [0.2, 0.25) is 0 Å². The summed E-state index contributed by atoms with van der Waals surface area (Å²) in [5.41, 5.74) is 0. The minimum absolute atomic E-state index is 0.196. The molecule has 0 radical (unpaired) electrons. The van der Waals surface area contributed by atoms with Crippen molar-refractivity contribution >= 4 is 5.97 Å². The monoisotopic (exact) mass is 154 g/mol. The Kier molecular flexibility index (Phi) is 2.66. The molecule has 0 saturated heterocycles. The van der Waals surface area contributed by atoms with Gasteiger partial charge >= 0.3 is 5.97 Å². The third-order valence-corrected chi connectivity index (χ3v) is 1.22. The zero-order chi connectivity index (χ0) is 8.10. The number of hydrogen-bond acceptors (Lipinski definition) is 3. The van der Waals surface area contributed by atoms with E-state index in [-0.39, 0.29) is 12.7 Å². The predicted octanol–water partition coefficient (Wildman–Crippen LogP) is 0.794. The van der Waals surface area contributed by atoms with Crippen LogP contribution in [0.5, 0.6) is 0 Å². The lowest BCUT2D eigenvalue weighted by Gasteiger charge is -2.02. The van der Waals surface area contributed by atoms with Crippen molar-refractivity contribution in [2.45, 2.75) is 20.1 Å². The van der Waals surface area contributed by atoms with Gasteiger partial charge in [0.15, 0.2) is 6.73 Å². The molecule has 4 heteroatoms. The fourth-order valence-corrected chi connectivity index (χ4v) is 0.612. The second-order valence-corrected chi connectivity index (χ2v) is 2.08. The van der Waals surface area contributed by atoms with Crippen LogP contribution < -0.4 is 0 Å². The number of carbonyl (C=O) groups excluding carboxylic acids is 1. The molecule has 0 aromatic carbocycles. The topological polar surface area (TPSA) is 44.1 Å². The van der Waals surface area contributed by atoms with Gasteiger partial charge in [-0.3, -0.25) is 4.79 Å². The van der Waals surface area contributed by atoms with Gasteiger partial charge in [-0.25, -0.2) is 4.98 Å². The van der Waals surface area contributed by atoms with Crippen LogP contribution in [0.3, 0.4) is 0 Å². The Balaban J connectivity index is 2.29. The second-order valence-electron chi connectivity index (χ2n) is 2.08. The van der Waals surface area contributed by atoms with E-state index in [2.05, 4.69) is 4.98 Å². The average molecular weight is 154 g/mol. The van der Waals surface area contributed by atoms with Crippen LogP contribution in [0.1, 0.15) is 13.3 Å². The first kappa shape index (κ1) is 7.78. The largest absolute Gasteiger partial charge is 0.444 e. The minimum Gasteiger partial charge on any atom is -0.444 e. The summed E-state index contributed by atoms with van der Waals surface area (Å²) >= 11 is 0. The van der Waals surface area contributed by atoms with Gasteiger partial charge < -0.3 is 9.30 Å². The highest BCUT2D eigenvalue weighted by Gasteiger charge is 1.96. The van der Waals surface area contributed by atoms with E-state index in [9.17, 15) is 4.79 Å². The zero-order valence-electron chi connectivity index (χ0n) is 6.36. The number of nitrogens with zero attached hydrogens (tertiary/aromatic N) is 2. The van der Waals surface area contributed by atoms with Crippen molar-refractivity contribution in [2.24, 2.45) is 0 Å². The number of imidazole rings is 1. The van der Waals surface area contributed by atoms with E-state index in [4.69, 9.17) is 4.74 Å². The highest BCUT2D eigenvalue weighted by Crippen LogP contribution is 1.89. The van der Waals surface area contributed by atoms with Crippen LogP contribution in [0.25, 0.3) is 0 Å². The van der Waals surface area contributed by atoms with Crippen LogP contribution in [0.4, 0.5) is 0 Å².